The maximum absolute atomic E-state index is 12.1. The fraction of sp³-hybridized carbons (Fsp3) is 0.619. The van der Waals surface area contributed by atoms with Crippen molar-refractivity contribution in [2.24, 2.45) is 11.7 Å². The van der Waals surface area contributed by atoms with Crippen LogP contribution in [-0.4, -0.2) is 57.5 Å². The van der Waals surface area contributed by atoms with Crippen LogP contribution in [-0.2, 0) is 20.6 Å². The molecule has 1 aliphatic rings. The number of aliphatic hydroxyl groups excluding tert-OH is 1. The lowest BCUT2D eigenvalue weighted by atomic mass is 9.85. The van der Waals surface area contributed by atoms with Crippen molar-refractivity contribution in [1.82, 2.24) is 5.32 Å². The Morgan fingerprint density at radius 1 is 1.15 bits per heavy atom. The predicted molar refractivity (Wildman–Crippen MR) is 117 cm³/mol. The molecule has 0 spiro atoms. The van der Waals surface area contributed by atoms with Gasteiger partial charge in [-0.2, -0.15) is 13.2 Å². The molecule has 0 saturated heterocycles. The van der Waals surface area contributed by atoms with Gasteiger partial charge in [-0.25, -0.2) is 4.79 Å². The number of nitrogens with one attached hydrogen (secondary N) is 1. The first-order chi connectivity index (χ1) is 15.4. The number of halogens is 3. The number of nitrogens with two attached hydrogens (primary N) is 1. The van der Waals surface area contributed by atoms with E-state index in [0.29, 0.717) is 6.42 Å². The molecule has 8 nitrogen and oxygen atoms in total. The number of hydrogen-bond donors (Lipinski definition) is 5. The topological polar surface area (TPSA) is 150 Å². The van der Waals surface area contributed by atoms with Crippen molar-refractivity contribution in [3.05, 3.63) is 35.9 Å². The highest BCUT2D eigenvalue weighted by atomic mass is 31.1. The maximum Gasteiger partial charge on any atom is 0.490 e. The molecule has 1 fully saturated rings. The lowest BCUT2D eigenvalue weighted by Crippen LogP contribution is -2.45. The van der Waals surface area contributed by atoms with Crippen LogP contribution in [0.3, 0.4) is 0 Å². The molecular formula is C21H32F3N2O6P. The summed E-state index contributed by atoms with van der Waals surface area (Å²) in [5, 5.41) is 20.0. The van der Waals surface area contributed by atoms with Gasteiger partial charge in [0.1, 0.15) is 0 Å². The van der Waals surface area contributed by atoms with Crippen molar-refractivity contribution in [2.75, 3.05) is 6.54 Å². The monoisotopic (exact) mass is 496 g/mol. The first kappa shape index (κ1) is 29.1. The summed E-state index contributed by atoms with van der Waals surface area (Å²) in [5.74, 6) is -2.88. The Balaban J connectivity index is 0.000000675. The summed E-state index contributed by atoms with van der Waals surface area (Å²) in [4.78, 5) is 30.7. The van der Waals surface area contributed by atoms with E-state index >= 15 is 0 Å². The molecule has 0 aliphatic heterocycles. The second-order valence-electron chi connectivity index (χ2n) is 8.08. The van der Waals surface area contributed by atoms with Gasteiger partial charge in [-0.05, 0) is 37.2 Å². The van der Waals surface area contributed by atoms with Crippen molar-refractivity contribution in [2.45, 2.75) is 68.9 Å². The Morgan fingerprint density at radius 2 is 1.70 bits per heavy atom. The van der Waals surface area contributed by atoms with Gasteiger partial charge in [0.05, 0.1) is 12.1 Å². The van der Waals surface area contributed by atoms with Crippen molar-refractivity contribution >= 4 is 19.9 Å². The van der Waals surface area contributed by atoms with Crippen LogP contribution in [0.5, 0.6) is 0 Å². The Labute approximate surface area is 191 Å². The fourth-order valence-electron chi connectivity index (χ4n) is 3.72. The third kappa shape index (κ3) is 11.7. The van der Waals surface area contributed by atoms with Gasteiger partial charge in [-0.1, -0.05) is 49.6 Å². The summed E-state index contributed by atoms with van der Waals surface area (Å²) in [6.45, 7) is 0.0552. The molecule has 0 radical (unpaired) electrons. The van der Waals surface area contributed by atoms with Crippen molar-refractivity contribution in [3.63, 3.8) is 0 Å². The molecule has 1 saturated carbocycles. The second-order valence-corrected chi connectivity index (χ2v) is 9.49. The Bertz CT molecular complexity index is 760. The van der Waals surface area contributed by atoms with Gasteiger partial charge >= 0.3 is 12.1 Å². The summed E-state index contributed by atoms with van der Waals surface area (Å²) in [6.07, 6.45) is -0.0189. The molecule has 0 aromatic heterocycles. The third-order valence-electron chi connectivity index (χ3n) is 5.45. The quantitative estimate of drug-likeness (QED) is 0.330. The normalized spacial score (nSPS) is 18.2. The lowest BCUT2D eigenvalue weighted by Gasteiger charge is -2.29. The zero-order valence-corrected chi connectivity index (χ0v) is 19.1. The summed E-state index contributed by atoms with van der Waals surface area (Å²) < 4.78 is 43.5. The molecule has 33 heavy (non-hydrogen) atoms. The standard InChI is InChI=1S/C19H31N2O4P.C2HF3O2/c20-17(11-14-7-3-1-4-8-14)19(23)21-13-16(22)12-18(26(24)25)15-9-5-2-6-10-15;3-2(4,5)1(6)7/h1,3-4,7-8,15-18,22,26H,2,5-6,9-13,20H2,(H,21,23)(H,24,25);(H,6,7)/t16-,17+,18?;/m1./s1. The van der Waals surface area contributed by atoms with Gasteiger partial charge in [-0.3, -0.25) is 9.36 Å². The largest absolute Gasteiger partial charge is 0.490 e. The molecule has 6 N–H and O–H groups in total. The zero-order chi connectivity index (χ0) is 25.0. The van der Waals surface area contributed by atoms with Crippen LogP contribution in [0.4, 0.5) is 13.2 Å². The number of benzene rings is 1. The van der Waals surface area contributed by atoms with Gasteiger partial charge in [0, 0.05) is 12.2 Å². The fourth-order valence-corrected chi connectivity index (χ4v) is 4.93. The summed E-state index contributed by atoms with van der Waals surface area (Å²) in [5.41, 5.74) is 6.53. The van der Waals surface area contributed by atoms with E-state index in [9.17, 15) is 32.5 Å². The van der Waals surface area contributed by atoms with Crippen molar-refractivity contribution in [1.29, 1.82) is 0 Å². The molecule has 0 bridgehead atoms. The van der Waals surface area contributed by atoms with E-state index in [0.717, 1.165) is 31.2 Å². The molecule has 12 heteroatoms. The van der Waals surface area contributed by atoms with Crippen LogP contribution in [0.25, 0.3) is 0 Å². The number of rotatable bonds is 9. The number of amides is 1. The third-order valence-corrected chi connectivity index (χ3v) is 6.79. The number of carbonyl (C=O) groups excluding carboxylic acids is 1. The van der Waals surface area contributed by atoms with E-state index in [4.69, 9.17) is 15.6 Å². The smallest absolute Gasteiger partial charge is 0.475 e. The maximum atomic E-state index is 12.1. The molecule has 4 atom stereocenters. The molecule has 1 aromatic rings. The van der Waals surface area contributed by atoms with E-state index in [1.54, 1.807) is 0 Å². The van der Waals surface area contributed by atoms with Gasteiger partial charge < -0.3 is 26.2 Å². The highest BCUT2D eigenvalue weighted by molar-refractivity contribution is 7.38. The average molecular weight is 496 g/mol. The SMILES string of the molecule is N[C@@H](Cc1ccccc1)C(=O)NC[C@H](O)CC(C1CCCCC1)[PH](=O)O.O=C(O)C(F)(F)F. The minimum Gasteiger partial charge on any atom is -0.475 e. The highest BCUT2D eigenvalue weighted by Gasteiger charge is 2.38. The van der Waals surface area contributed by atoms with Crippen LogP contribution in [0, 0.1) is 5.92 Å². The number of aliphatic carboxylic acids is 1. The molecule has 2 unspecified atom stereocenters. The number of alkyl halides is 3. The molecule has 2 rings (SSSR count). The summed E-state index contributed by atoms with van der Waals surface area (Å²) >= 11 is 0. The van der Waals surface area contributed by atoms with Gasteiger partial charge in [0.25, 0.3) is 0 Å². The number of carboxylic acid groups (broad SMARTS) is 1. The molecular weight excluding hydrogens is 464 g/mol. The first-order valence-corrected chi connectivity index (χ1v) is 12.1. The molecule has 1 aromatic carbocycles. The number of aliphatic hydroxyl groups is 1. The van der Waals surface area contributed by atoms with E-state index < -0.39 is 32.3 Å². The number of carbonyl (C=O) groups is 2. The van der Waals surface area contributed by atoms with Crippen LogP contribution >= 0.6 is 8.03 Å². The number of hydrogen-bond acceptors (Lipinski definition) is 5. The van der Waals surface area contributed by atoms with Crippen molar-refractivity contribution in [3.8, 4) is 0 Å². The Hall–Kier alpha value is -1.94. The minimum absolute atomic E-state index is 0.0552. The molecule has 1 aliphatic carbocycles. The van der Waals surface area contributed by atoms with E-state index in [1.165, 1.54) is 6.42 Å². The van der Waals surface area contributed by atoms with Gasteiger partial charge in [0.2, 0.25) is 5.91 Å². The Kier molecular flexibility index (Phi) is 12.7. The lowest BCUT2D eigenvalue weighted by molar-refractivity contribution is -0.192. The molecule has 188 valence electrons. The van der Waals surface area contributed by atoms with Gasteiger partial charge in [0.15, 0.2) is 8.03 Å². The summed E-state index contributed by atoms with van der Waals surface area (Å²) in [7, 11) is -2.71. The Morgan fingerprint density at radius 3 is 2.18 bits per heavy atom. The zero-order valence-electron chi connectivity index (χ0n) is 18.1. The van der Waals surface area contributed by atoms with E-state index in [-0.39, 0.29) is 30.4 Å². The van der Waals surface area contributed by atoms with Crippen molar-refractivity contribution < 1.29 is 42.4 Å². The average Bonchev–Trinajstić information content (AvgIpc) is 2.76. The molecule has 1 amide bonds. The van der Waals surface area contributed by atoms with E-state index in [2.05, 4.69) is 5.32 Å². The van der Waals surface area contributed by atoms with Gasteiger partial charge in [-0.15, -0.1) is 0 Å². The van der Waals surface area contributed by atoms with Crippen LogP contribution < -0.4 is 11.1 Å². The highest BCUT2D eigenvalue weighted by Crippen LogP contribution is 2.40. The van der Waals surface area contributed by atoms with Crippen LogP contribution in [0.1, 0.15) is 44.1 Å². The first-order valence-electron chi connectivity index (χ1n) is 10.7. The molecule has 0 heterocycles. The predicted octanol–water partition coefficient (Wildman–Crippen LogP) is 2.47. The van der Waals surface area contributed by atoms with E-state index in [1.807, 2.05) is 30.3 Å². The number of carboxylic acids is 1. The minimum atomic E-state index is -5.08. The van der Waals surface area contributed by atoms with Crippen LogP contribution in [0.15, 0.2) is 30.3 Å². The second kappa shape index (κ2) is 14.3. The summed E-state index contributed by atoms with van der Waals surface area (Å²) in [6, 6.07) is 8.83. The van der Waals surface area contributed by atoms with Crippen LogP contribution in [0.2, 0.25) is 0 Å².